The summed E-state index contributed by atoms with van der Waals surface area (Å²) < 4.78 is 27.3. The number of rotatable bonds is 3. The summed E-state index contributed by atoms with van der Waals surface area (Å²) in [5.41, 5.74) is 0.356. The molecule has 2 aromatic rings. The van der Waals surface area contributed by atoms with Gasteiger partial charge in [-0.05, 0) is 45.2 Å². The lowest BCUT2D eigenvalue weighted by Crippen LogP contribution is -2.43. The number of alkyl halides is 2. The predicted octanol–water partition coefficient (Wildman–Crippen LogP) is 2.51. The Hall–Kier alpha value is -1.83. The molecule has 2 aliphatic heterocycles. The fourth-order valence-electron chi connectivity index (χ4n) is 4.26. The molecule has 0 N–H and O–H groups in total. The highest BCUT2D eigenvalue weighted by molar-refractivity contribution is 5.46. The minimum Gasteiger partial charge on any atom is -0.354 e. The van der Waals surface area contributed by atoms with Gasteiger partial charge in [-0.25, -0.2) is 8.78 Å². The molecule has 24 heavy (non-hydrogen) atoms. The zero-order chi connectivity index (χ0) is 16.8. The SMILES string of the molecule is CC(C)N1[C@H]2CC[C@H]1CN(c1ccc3nnc(C(F)F)n3n1)CC2. The summed E-state index contributed by atoms with van der Waals surface area (Å²) in [6, 6.07) is 5.23. The maximum atomic E-state index is 13.0. The van der Waals surface area contributed by atoms with Crippen LogP contribution in [0.25, 0.3) is 5.65 Å². The van der Waals surface area contributed by atoms with Crippen molar-refractivity contribution in [1.29, 1.82) is 0 Å². The number of anilines is 1. The minimum absolute atomic E-state index is 0.356. The Morgan fingerprint density at radius 1 is 1.08 bits per heavy atom. The van der Waals surface area contributed by atoms with Gasteiger partial charge in [-0.2, -0.15) is 4.52 Å². The zero-order valence-electron chi connectivity index (χ0n) is 13.9. The summed E-state index contributed by atoms with van der Waals surface area (Å²) in [7, 11) is 0. The second-order valence-corrected chi connectivity index (χ2v) is 6.98. The normalized spacial score (nSPS) is 25.2. The van der Waals surface area contributed by atoms with Gasteiger partial charge in [-0.15, -0.1) is 15.3 Å². The molecule has 0 radical (unpaired) electrons. The van der Waals surface area contributed by atoms with E-state index in [1.165, 1.54) is 17.4 Å². The molecule has 2 aromatic heterocycles. The van der Waals surface area contributed by atoms with Crippen LogP contribution in [-0.2, 0) is 0 Å². The maximum absolute atomic E-state index is 13.0. The van der Waals surface area contributed by atoms with Gasteiger partial charge in [-0.1, -0.05) is 0 Å². The second-order valence-electron chi connectivity index (χ2n) is 6.98. The number of halogens is 2. The molecular weight excluding hydrogens is 314 g/mol. The largest absolute Gasteiger partial charge is 0.354 e. The first-order valence-corrected chi connectivity index (χ1v) is 8.57. The fraction of sp³-hybridized carbons (Fsp3) is 0.688. The average molecular weight is 336 g/mol. The summed E-state index contributed by atoms with van der Waals surface area (Å²) >= 11 is 0. The third kappa shape index (κ3) is 2.53. The molecule has 8 heteroatoms. The number of aromatic nitrogens is 4. The molecule has 0 aromatic carbocycles. The van der Waals surface area contributed by atoms with Crippen LogP contribution < -0.4 is 4.90 Å². The van der Waals surface area contributed by atoms with Crippen LogP contribution in [0.3, 0.4) is 0 Å². The molecule has 0 aliphatic carbocycles. The molecule has 6 nitrogen and oxygen atoms in total. The molecule has 2 aliphatic rings. The predicted molar refractivity (Wildman–Crippen MR) is 86.4 cm³/mol. The highest BCUT2D eigenvalue weighted by Gasteiger charge is 2.38. The molecule has 2 saturated heterocycles. The summed E-state index contributed by atoms with van der Waals surface area (Å²) in [4.78, 5) is 4.83. The first-order valence-electron chi connectivity index (χ1n) is 8.57. The van der Waals surface area contributed by atoms with E-state index in [9.17, 15) is 8.78 Å². The van der Waals surface area contributed by atoms with Crippen molar-refractivity contribution < 1.29 is 8.78 Å². The Morgan fingerprint density at radius 2 is 1.88 bits per heavy atom. The first-order chi connectivity index (χ1) is 11.5. The van der Waals surface area contributed by atoms with Gasteiger partial charge in [0, 0.05) is 31.2 Å². The molecule has 130 valence electrons. The Kier molecular flexibility index (Phi) is 3.86. The molecule has 0 unspecified atom stereocenters. The Balaban J connectivity index is 1.64. The minimum atomic E-state index is -2.68. The smallest absolute Gasteiger partial charge is 0.299 e. The number of nitrogens with zero attached hydrogens (tertiary/aromatic N) is 6. The average Bonchev–Trinajstić information content (AvgIpc) is 3.07. The van der Waals surface area contributed by atoms with Gasteiger partial charge in [0.25, 0.3) is 6.43 Å². The van der Waals surface area contributed by atoms with Crippen molar-refractivity contribution in [3.63, 3.8) is 0 Å². The zero-order valence-corrected chi connectivity index (χ0v) is 13.9. The van der Waals surface area contributed by atoms with Crippen molar-refractivity contribution in [3.05, 3.63) is 18.0 Å². The third-order valence-electron chi connectivity index (χ3n) is 5.23. The van der Waals surface area contributed by atoms with Gasteiger partial charge in [-0.3, -0.25) is 4.90 Å². The monoisotopic (exact) mass is 336 g/mol. The summed E-state index contributed by atoms with van der Waals surface area (Å²) in [5, 5.41) is 11.7. The summed E-state index contributed by atoms with van der Waals surface area (Å²) in [5.74, 6) is 0.326. The Labute approximate surface area is 139 Å². The van der Waals surface area contributed by atoms with Crippen LogP contribution in [0.4, 0.5) is 14.6 Å². The highest BCUT2D eigenvalue weighted by Crippen LogP contribution is 2.33. The van der Waals surface area contributed by atoms with Crippen LogP contribution in [0.1, 0.15) is 45.4 Å². The summed E-state index contributed by atoms with van der Waals surface area (Å²) in [6.45, 7) is 6.28. The van der Waals surface area contributed by atoms with E-state index >= 15 is 0 Å². The third-order valence-corrected chi connectivity index (χ3v) is 5.23. The van der Waals surface area contributed by atoms with E-state index < -0.39 is 12.2 Å². The van der Waals surface area contributed by atoms with Crippen molar-refractivity contribution >= 4 is 11.5 Å². The van der Waals surface area contributed by atoms with Crippen LogP contribution in [-0.4, -0.2) is 55.9 Å². The molecule has 0 spiro atoms. The van der Waals surface area contributed by atoms with Gasteiger partial charge in [0.2, 0.25) is 5.82 Å². The van der Waals surface area contributed by atoms with E-state index in [0.29, 0.717) is 23.8 Å². The number of hydrogen-bond acceptors (Lipinski definition) is 5. The van der Waals surface area contributed by atoms with Crippen molar-refractivity contribution in [1.82, 2.24) is 24.7 Å². The van der Waals surface area contributed by atoms with Gasteiger partial charge >= 0.3 is 0 Å². The summed E-state index contributed by atoms with van der Waals surface area (Å²) in [6.07, 6.45) is 0.846. The maximum Gasteiger partial charge on any atom is 0.299 e. The van der Waals surface area contributed by atoms with Crippen LogP contribution in [0.5, 0.6) is 0 Å². The molecule has 2 fully saturated rings. The quantitative estimate of drug-likeness (QED) is 0.862. The van der Waals surface area contributed by atoms with Crippen molar-refractivity contribution in [3.8, 4) is 0 Å². The van der Waals surface area contributed by atoms with Crippen LogP contribution in [0.15, 0.2) is 12.1 Å². The van der Waals surface area contributed by atoms with E-state index in [4.69, 9.17) is 0 Å². The van der Waals surface area contributed by atoms with Gasteiger partial charge in [0.1, 0.15) is 5.82 Å². The molecule has 2 bridgehead atoms. The lowest BCUT2D eigenvalue weighted by Gasteiger charge is -2.32. The Bertz CT molecular complexity index is 730. The van der Waals surface area contributed by atoms with Gasteiger partial charge in [0.15, 0.2) is 5.65 Å². The van der Waals surface area contributed by atoms with Crippen LogP contribution in [0.2, 0.25) is 0 Å². The van der Waals surface area contributed by atoms with E-state index in [1.54, 1.807) is 6.07 Å². The van der Waals surface area contributed by atoms with Gasteiger partial charge < -0.3 is 4.90 Å². The lowest BCUT2D eigenvalue weighted by atomic mass is 10.1. The molecule has 0 amide bonds. The number of fused-ring (bicyclic) bond motifs is 3. The Morgan fingerprint density at radius 3 is 2.62 bits per heavy atom. The molecule has 0 saturated carbocycles. The topological polar surface area (TPSA) is 49.6 Å². The fourth-order valence-corrected chi connectivity index (χ4v) is 4.26. The molecule has 4 rings (SSSR count). The highest BCUT2D eigenvalue weighted by atomic mass is 19.3. The van der Waals surface area contributed by atoms with E-state index in [1.807, 2.05) is 6.07 Å². The second kappa shape index (κ2) is 5.91. The molecule has 4 heterocycles. The van der Waals surface area contributed by atoms with E-state index in [0.717, 1.165) is 25.3 Å². The van der Waals surface area contributed by atoms with Crippen molar-refractivity contribution in [2.24, 2.45) is 0 Å². The molecular formula is C16H22F2N6. The van der Waals surface area contributed by atoms with Crippen molar-refractivity contribution in [2.75, 3.05) is 18.0 Å². The van der Waals surface area contributed by atoms with Crippen LogP contribution >= 0.6 is 0 Å². The standard InChI is InChI=1S/C16H22F2N6/c1-10(2)23-11-3-4-12(23)9-22(8-7-11)14-6-5-13-19-20-16(15(17)18)24(13)21-14/h5-6,10-12,15H,3-4,7-9H2,1-2H3/t11-,12-/m0/s1. The first kappa shape index (κ1) is 15.7. The lowest BCUT2D eigenvalue weighted by molar-refractivity contribution is 0.137. The molecule has 2 atom stereocenters. The van der Waals surface area contributed by atoms with E-state index in [2.05, 4.69) is 38.9 Å². The van der Waals surface area contributed by atoms with Crippen LogP contribution in [0, 0.1) is 0 Å². The van der Waals surface area contributed by atoms with Gasteiger partial charge in [0.05, 0.1) is 0 Å². The van der Waals surface area contributed by atoms with Crippen molar-refractivity contribution in [2.45, 2.75) is 57.7 Å². The van der Waals surface area contributed by atoms with E-state index in [-0.39, 0.29) is 0 Å². The number of hydrogen-bond donors (Lipinski definition) is 0.